The van der Waals surface area contributed by atoms with Gasteiger partial charge in [0.2, 0.25) is 0 Å². The molecule has 2 aromatic heterocycles. The first kappa shape index (κ1) is 40.2. The van der Waals surface area contributed by atoms with Crippen molar-refractivity contribution in [3.8, 4) is 81.2 Å². The minimum Gasteiger partial charge on any atom is -0.307 e. The van der Waals surface area contributed by atoms with Crippen LogP contribution in [0.2, 0.25) is 0 Å². The van der Waals surface area contributed by atoms with Crippen LogP contribution in [0.5, 0.6) is 0 Å². The molecular weight excluding hydrogens is 830 g/mol. The van der Waals surface area contributed by atoms with Crippen molar-refractivity contribution < 1.29 is 13.2 Å². The van der Waals surface area contributed by atoms with Crippen molar-refractivity contribution in [1.82, 2.24) is 9.13 Å². The molecular formula is C55H25F3N8. The zero-order valence-corrected chi connectivity index (χ0v) is 34.1. The Labute approximate surface area is 374 Å². The minimum atomic E-state index is -4.80. The van der Waals surface area contributed by atoms with Crippen LogP contribution >= 0.6 is 0 Å². The molecule has 2 heterocycles. The second-order valence-electron chi connectivity index (χ2n) is 15.6. The SMILES string of the molecule is N#Cc1cc(C#N)cc(-c2ccc3c4ccccc4n(-c4cc(C#N)c(-c5cc(C#N)cc(C(F)(F)F)c5)cc4-n4c5ccccc5c5ccc(-c6cc(C#N)cc(C#N)c6)cc54)c3c2)c1. The van der Waals surface area contributed by atoms with Gasteiger partial charge in [0.15, 0.2) is 0 Å². The second kappa shape index (κ2) is 15.5. The number of alkyl halides is 3. The van der Waals surface area contributed by atoms with Gasteiger partial charge in [-0.05, 0) is 119 Å². The third-order valence-electron chi connectivity index (χ3n) is 11.8. The Morgan fingerprint density at radius 1 is 0.348 bits per heavy atom. The molecule has 0 bridgehead atoms. The van der Waals surface area contributed by atoms with Gasteiger partial charge < -0.3 is 9.13 Å². The maximum absolute atomic E-state index is 14.4. The number of benzene rings is 8. The first-order valence-corrected chi connectivity index (χ1v) is 20.2. The van der Waals surface area contributed by atoms with Gasteiger partial charge in [-0.25, -0.2) is 0 Å². The number of rotatable bonds is 5. The van der Waals surface area contributed by atoms with Crippen molar-refractivity contribution in [3.63, 3.8) is 0 Å². The van der Waals surface area contributed by atoms with Gasteiger partial charge in [0.25, 0.3) is 0 Å². The third kappa shape index (κ3) is 6.59. The van der Waals surface area contributed by atoms with E-state index in [4.69, 9.17) is 0 Å². The highest BCUT2D eigenvalue weighted by molar-refractivity contribution is 6.13. The third-order valence-corrected chi connectivity index (χ3v) is 11.8. The maximum atomic E-state index is 14.4. The monoisotopic (exact) mass is 854 g/mol. The molecule has 0 N–H and O–H groups in total. The second-order valence-corrected chi connectivity index (χ2v) is 15.6. The van der Waals surface area contributed by atoms with Crippen LogP contribution in [0.1, 0.15) is 38.9 Å². The minimum absolute atomic E-state index is 0.0136. The van der Waals surface area contributed by atoms with Crippen molar-refractivity contribution in [2.75, 3.05) is 0 Å². The lowest BCUT2D eigenvalue weighted by molar-refractivity contribution is -0.137. The van der Waals surface area contributed by atoms with Gasteiger partial charge >= 0.3 is 6.18 Å². The van der Waals surface area contributed by atoms with Crippen molar-refractivity contribution in [2.45, 2.75) is 6.18 Å². The maximum Gasteiger partial charge on any atom is 0.416 e. The summed E-state index contributed by atoms with van der Waals surface area (Å²) < 4.78 is 47.3. The average molecular weight is 855 g/mol. The lowest BCUT2D eigenvalue weighted by Gasteiger charge is -2.20. The molecule has 8 nitrogen and oxygen atoms in total. The Bertz CT molecular complexity index is 3950. The van der Waals surface area contributed by atoms with Gasteiger partial charge in [0, 0.05) is 27.1 Å². The van der Waals surface area contributed by atoms with E-state index in [-0.39, 0.29) is 22.3 Å². The summed E-state index contributed by atoms with van der Waals surface area (Å²) in [6.07, 6.45) is -4.80. The smallest absolute Gasteiger partial charge is 0.307 e. The molecule has 0 fully saturated rings. The van der Waals surface area contributed by atoms with Crippen LogP contribution in [-0.2, 0) is 6.18 Å². The first-order chi connectivity index (χ1) is 32.0. The molecule has 10 rings (SSSR count). The highest BCUT2D eigenvalue weighted by Crippen LogP contribution is 2.43. The topological polar surface area (TPSA) is 153 Å². The number of aromatic nitrogens is 2. The summed E-state index contributed by atoms with van der Waals surface area (Å²) in [6, 6.07) is 55.9. The molecule has 0 atom stereocenters. The standard InChI is InChI=1S/C55H25F3N8/c56-55(57,58)43-20-36(30-63)19-41(21-43)48-25-54(66-50-8-4-2-6-45(50)47-12-10-38(23-52(47)66)40-17-34(28-61)14-35(18-40)29-62)53(24-42(48)31-64)65-49-7-3-1-5-44(49)46-11-9-37(22-51(46)65)39-15-32(26-59)13-33(16-39)27-60/h1-25H. The Balaban J connectivity index is 1.36. The summed E-state index contributed by atoms with van der Waals surface area (Å²) in [4.78, 5) is 0. The normalized spacial score (nSPS) is 11.2. The lowest BCUT2D eigenvalue weighted by Crippen LogP contribution is -2.07. The summed E-state index contributed by atoms with van der Waals surface area (Å²) >= 11 is 0. The molecule has 10 aromatic rings. The van der Waals surface area contributed by atoms with Crippen LogP contribution in [0.3, 0.4) is 0 Å². The highest BCUT2D eigenvalue weighted by atomic mass is 19.4. The van der Waals surface area contributed by atoms with Crippen molar-refractivity contribution in [3.05, 3.63) is 191 Å². The van der Waals surface area contributed by atoms with E-state index in [0.717, 1.165) is 44.7 Å². The van der Waals surface area contributed by atoms with Crippen molar-refractivity contribution in [1.29, 1.82) is 31.6 Å². The molecule has 0 amide bonds. The van der Waals surface area contributed by atoms with Gasteiger partial charge in [0.05, 0.1) is 109 Å². The summed E-state index contributed by atoms with van der Waals surface area (Å²) in [5.41, 5.74) is 6.58. The fourth-order valence-corrected chi connectivity index (χ4v) is 8.94. The molecule has 8 aromatic carbocycles. The van der Waals surface area contributed by atoms with Crippen LogP contribution < -0.4 is 0 Å². The van der Waals surface area contributed by atoms with Gasteiger partial charge in [-0.2, -0.15) is 44.7 Å². The van der Waals surface area contributed by atoms with E-state index in [9.17, 15) is 44.7 Å². The van der Waals surface area contributed by atoms with E-state index in [1.54, 1.807) is 36.4 Å². The quantitative estimate of drug-likeness (QED) is 0.168. The molecule has 306 valence electrons. The molecule has 0 aliphatic heterocycles. The number of halogens is 3. The number of hydrogen-bond acceptors (Lipinski definition) is 6. The van der Waals surface area contributed by atoms with Crippen LogP contribution in [0.15, 0.2) is 152 Å². The predicted molar refractivity (Wildman–Crippen MR) is 245 cm³/mol. The van der Waals surface area contributed by atoms with E-state index >= 15 is 0 Å². The summed E-state index contributed by atoms with van der Waals surface area (Å²) in [7, 11) is 0. The molecule has 11 heteroatoms. The Morgan fingerprint density at radius 3 is 1.20 bits per heavy atom. The van der Waals surface area contributed by atoms with E-state index < -0.39 is 11.7 Å². The number of hydrogen-bond donors (Lipinski definition) is 0. The molecule has 0 spiro atoms. The molecule has 0 aliphatic rings. The largest absolute Gasteiger partial charge is 0.416 e. The van der Waals surface area contributed by atoms with E-state index in [1.165, 1.54) is 18.2 Å². The molecule has 0 unspecified atom stereocenters. The number of para-hydroxylation sites is 2. The summed E-state index contributed by atoms with van der Waals surface area (Å²) in [6.45, 7) is 0. The van der Waals surface area contributed by atoms with Crippen LogP contribution in [0.4, 0.5) is 13.2 Å². The molecule has 0 radical (unpaired) electrons. The highest BCUT2D eigenvalue weighted by Gasteiger charge is 2.32. The Morgan fingerprint density at radius 2 is 0.758 bits per heavy atom. The van der Waals surface area contributed by atoms with Crippen molar-refractivity contribution in [2.24, 2.45) is 0 Å². The zero-order chi connectivity index (χ0) is 45.9. The van der Waals surface area contributed by atoms with Crippen molar-refractivity contribution >= 4 is 43.6 Å². The zero-order valence-electron chi connectivity index (χ0n) is 34.1. The fourth-order valence-electron chi connectivity index (χ4n) is 8.94. The number of fused-ring (bicyclic) bond motifs is 6. The summed E-state index contributed by atoms with van der Waals surface area (Å²) in [5, 5.41) is 63.6. The molecule has 0 aliphatic carbocycles. The van der Waals surface area contributed by atoms with Crippen LogP contribution in [0.25, 0.3) is 88.4 Å². The van der Waals surface area contributed by atoms with Crippen LogP contribution in [0, 0.1) is 68.0 Å². The number of nitriles is 6. The van der Waals surface area contributed by atoms with E-state index in [2.05, 4.69) is 30.3 Å². The average Bonchev–Trinajstić information content (AvgIpc) is 3.87. The lowest BCUT2D eigenvalue weighted by atomic mass is 9.94. The Kier molecular flexibility index (Phi) is 9.41. The predicted octanol–water partition coefficient (Wildman–Crippen LogP) is 13.1. The van der Waals surface area contributed by atoms with Gasteiger partial charge in [0.1, 0.15) is 0 Å². The van der Waals surface area contributed by atoms with Gasteiger partial charge in [-0.1, -0.05) is 60.7 Å². The van der Waals surface area contributed by atoms with Gasteiger partial charge in [-0.3, -0.25) is 0 Å². The fraction of sp³-hybridized carbons (Fsp3) is 0.0182. The van der Waals surface area contributed by atoms with Gasteiger partial charge in [-0.15, -0.1) is 0 Å². The molecule has 0 saturated carbocycles. The van der Waals surface area contributed by atoms with E-state index in [1.807, 2.05) is 100 Å². The first-order valence-electron chi connectivity index (χ1n) is 20.2. The molecule has 0 saturated heterocycles. The molecule has 66 heavy (non-hydrogen) atoms. The van der Waals surface area contributed by atoms with E-state index in [0.29, 0.717) is 66.9 Å². The van der Waals surface area contributed by atoms with Crippen LogP contribution in [-0.4, -0.2) is 9.13 Å². The number of nitrogens with zero attached hydrogens (tertiary/aromatic N) is 8. The summed E-state index contributed by atoms with van der Waals surface area (Å²) in [5.74, 6) is 0. The Hall–Kier alpha value is -9.91.